The Hall–Kier alpha value is -3.39. The molecule has 1 saturated heterocycles. The highest BCUT2D eigenvalue weighted by Gasteiger charge is 2.40. The zero-order valence-corrected chi connectivity index (χ0v) is 18.9. The van der Waals surface area contributed by atoms with E-state index >= 15 is 0 Å². The molecule has 1 aliphatic heterocycles. The molecule has 3 aromatic carbocycles. The first-order chi connectivity index (χ1) is 15.8. The fourth-order valence-electron chi connectivity index (χ4n) is 3.61. The van der Waals surface area contributed by atoms with Crippen LogP contribution in [0.2, 0.25) is 0 Å². The highest BCUT2D eigenvalue weighted by atomic mass is 32.2. The molecule has 0 aliphatic carbocycles. The number of amides is 1. The molecule has 0 saturated carbocycles. The predicted octanol–water partition coefficient (Wildman–Crippen LogP) is 4.24. The maximum atomic E-state index is 13.0. The van der Waals surface area contributed by atoms with Crippen molar-refractivity contribution in [1.82, 2.24) is 4.90 Å². The van der Waals surface area contributed by atoms with Crippen LogP contribution >= 0.6 is 0 Å². The molecule has 1 aliphatic rings. The summed E-state index contributed by atoms with van der Waals surface area (Å²) < 4.78 is 49.3. The van der Waals surface area contributed by atoms with Gasteiger partial charge in [-0.05, 0) is 72.6 Å². The lowest BCUT2D eigenvalue weighted by Gasteiger charge is -2.38. The highest BCUT2D eigenvalue weighted by Crippen LogP contribution is 2.27. The molecule has 0 N–H and O–H groups in total. The van der Waals surface area contributed by atoms with Gasteiger partial charge in [-0.2, -0.15) is 0 Å². The first-order valence-corrected chi connectivity index (χ1v) is 12.1. The van der Waals surface area contributed by atoms with Crippen molar-refractivity contribution in [2.75, 3.05) is 20.2 Å². The van der Waals surface area contributed by atoms with Gasteiger partial charge in [0.15, 0.2) is 9.84 Å². The fourth-order valence-corrected chi connectivity index (χ4v) is 5.26. The van der Waals surface area contributed by atoms with Crippen molar-refractivity contribution in [3.05, 3.63) is 84.2 Å². The van der Waals surface area contributed by atoms with E-state index in [0.29, 0.717) is 23.7 Å². The van der Waals surface area contributed by atoms with Crippen molar-refractivity contribution in [1.29, 1.82) is 0 Å². The van der Waals surface area contributed by atoms with Gasteiger partial charge in [0.05, 0.1) is 12.0 Å². The van der Waals surface area contributed by atoms with E-state index in [1.165, 1.54) is 31.4 Å². The second kappa shape index (κ2) is 9.62. The van der Waals surface area contributed by atoms with Gasteiger partial charge in [0.1, 0.15) is 28.3 Å². The molecule has 6 nitrogen and oxygen atoms in total. The number of rotatable bonds is 8. The van der Waals surface area contributed by atoms with E-state index in [1.807, 2.05) is 18.2 Å². The monoisotopic (exact) mass is 469 g/mol. The number of hydrogen-bond acceptors (Lipinski definition) is 5. The zero-order chi connectivity index (χ0) is 23.4. The summed E-state index contributed by atoms with van der Waals surface area (Å²) >= 11 is 0. The van der Waals surface area contributed by atoms with Gasteiger partial charge in [0, 0.05) is 19.5 Å². The molecule has 0 aromatic heterocycles. The summed E-state index contributed by atoms with van der Waals surface area (Å²) in [5.74, 6) is 1.29. The quantitative estimate of drug-likeness (QED) is 0.493. The second-order valence-electron chi connectivity index (χ2n) is 7.84. The summed E-state index contributed by atoms with van der Waals surface area (Å²) in [6.07, 6.45) is 0.779. The summed E-state index contributed by atoms with van der Waals surface area (Å²) in [4.78, 5) is 14.4. The number of likely N-dealkylation sites (tertiary alicyclic amines) is 1. The summed E-state index contributed by atoms with van der Waals surface area (Å²) in [5, 5.41) is -0.595. The smallest absolute Gasteiger partial charge is 0.222 e. The molecule has 0 bridgehead atoms. The van der Waals surface area contributed by atoms with Gasteiger partial charge in [0.25, 0.3) is 0 Å². The molecule has 0 spiro atoms. The van der Waals surface area contributed by atoms with Crippen LogP contribution in [-0.2, 0) is 21.1 Å². The molecule has 1 heterocycles. The number of halogens is 1. The Morgan fingerprint density at radius 2 is 1.64 bits per heavy atom. The van der Waals surface area contributed by atoms with Crippen LogP contribution in [0.3, 0.4) is 0 Å². The minimum atomic E-state index is -3.49. The third-order valence-electron chi connectivity index (χ3n) is 5.60. The van der Waals surface area contributed by atoms with E-state index in [-0.39, 0.29) is 36.1 Å². The van der Waals surface area contributed by atoms with Crippen LogP contribution in [0.4, 0.5) is 4.39 Å². The Morgan fingerprint density at radius 1 is 0.970 bits per heavy atom. The minimum absolute atomic E-state index is 0.0824. The van der Waals surface area contributed by atoms with Gasteiger partial charge in [-0.25, -0.2) is 12.8 Å². The largest absolute Gasteiger partial charge is 0.497 e. The average Bonchev–Trinajstić information content (AvgIpc) is 2.78. The molecule has 0 atom stereocenters. The van der Waals surface area contributed by atoms with Crippen molar-refractivity contribution in [2.45, 2.75) is 23.0 Å². The fraction of sp³-hybridized carbons (Fsp3) is 0.240. The second-order valence-corrected chi connectivity index (χ2v) is 10.1. The van der Waals surface area contributed by atoms with E-state index in [1.54, 1.807) is 35.2 Å². The Morgan fingerprint density at radius 3 is 2.30 bits per heavy atom. The Kier molecular flexibility index (Phi) is 6.65. The third kappa shape index (κ3) is 5.34. The topological polar surface area (TPSA) is 72.9 Å². The number of carbonyl (C=O) groups excluding carboxylic acids is 1. The SMILES string of the molecule is COc1ccc(S(=O)(=O)C2CN(C(=O)CCc3cccc(Oc4ccc(F)cc4)c3)C2)cc1. The standard InChI is InChI=1S/C25H24FNO5S/c1-31-20-10-12-23(13-11-20)33(29,30)24-16-27(17-24)25(28)14-5-18-3-2-4-22(15-18)32-21-8-6-19(26)7-9-21/h2-4,6-13,15,24H,5,14,16-17H2,1H3. The number of methoxy groups -OCH3 is 1. The predicted molar refractivity (Wildman–Crippen MR) is 122 cm³/mol. The number of benzene rings is 3. The molecule has 0 unspecified atom stereocenters. The summed E-state index contributed by atoms with van der Waals surface area (Å²) in [7, 11) is -1.97. The first-order valence-electron chi connectivity index (χ1n) is 10.5. The molecule has 3 aromatic rings. The van der Waals surface area contributed by atoms with Gasteiger partial charge in [-0.15, -0.1) is 0 Å². The highest BCUT2D eigenvalue weighted by molar-refractivity contribution is 7.92. The van der Waals surface area contributed by atoms with E-state index in [0.717, 1.165) is 5.56 Å². The van der Waals surface area contributed by atoms with Gasteiger partial charge < -0.3 is 14.4 Å². The van der Waals surface area contributed by atoms with Crippen molar-refractivity contribution >= 4 is 15.7 Å². The van der Waals surface area contributed by atoms with Crippen LogP contribution in [0, 0.1) is 5.82 Å². The Bertz CT molecular complexity index is 1220. The normalized spacial score (nSPS) is 13.9. The molecular formula is C25H24FNO5S. The van der Waals surface area contributed by atoms with Crippen LogP contribution in [-0.4, -0.2) is 44.7 Å². The lowest BCUT2D eigenvalue weighted by Crippen LogP contribution is -2.56. The molecule has 0 radical (unpaired) electrons. The van der Waals surface area contributed by atoms with Crippen LogP contribution < -0.4 is 9.47 Å². The summed E-state index contributed by atoms with van der Waals surface area (Å²) in [5.41, 5.74) is 0.922. The number of carbonyl (C=O) groups is 1. The molecule has 1 fully saturated rings. The van der Waals surface area contributed by atoms with Crippen molar-refractivity contribution in [3.8, 4) is 17.2 Å². The first kappa shape index (κ1) is 22.8. The van der Waals surface area contributed by atoms with E-state index in [2.05, 4.69) is 0 Å². The minimum Gasteiger partial charge on any atom is -0.497 e. The third-order valence-corrected chi connectivity index (χ3v) is 7.71. The number of nitrogens with zero attached hydrogens (tertiary/aromatic N) is 1. The maximum absolute atomic E-state index is 13.0. The van der Waals surface area contributed by atoms with Gasteiger partial charge >= 0.3 is 0 Å². The molecule has 172 valence electrons. The lowest BCUT2D eigenvalue weighted by molar-refractivity contribution is -0.134. The molecular weight excluding hydrogens is 445 g/mol. The number of sulfone groups is 1. The number of ether oxygens (including phenoxy) is 2. The molecule has 8 heteroatoms. The summed E-state index contributed by atoms with van der Waals surface area (Å²) in [6, 6.07) is 19.4. The Labute approximate surface area is 192 Å². The zero-order valence-electron chi connectivity index (χ0n) is 18.1. The van der Waals surface area contributed by atoms with Gasteiger partial charge in [-0.3, -0.25) is 4.79 Å². The summed E-state index contributed by atoms with van der Waals surface area (Å²) in [6.45, 7) is 0.391. The average molecular weight is 470 g/mol. The lowest BCUT2D eigenvalue weighted by atomic mass is 10.1. The van der Waals surface area contributed by atoms with Crippen molar-refractivity contribution < 1.29 is 27.1 Å². The number of aryl methyl sites for hydroxylation is 1. The molecule has 33 heavy (non-hydrogen) atoms. The van der Waals surface area contributed by atoms with Gasteiger partial charge in [0.2, 0.25) is 5.91 Å². The van der Waals surface area contributed by atoms with E-state index < -0.39 is 15.1 Å². The van der Waals surface area contributed by atoms with Crippen LogP contribution in [0.1, 0.15) is 12.0 Å². The van der Waals surface area contributed by atoms with Crippen LogP contribution in [0.5, 0.6) is 17.2 Å². The molecule has 4 rings (SSSR count). The van der Waals surface area contributed by atoms with Crippen molar-refractivity contribution in [2.24, 2.45) is 0 Å². The molecule has 1 amide bonds. The Balaban J connectivity index is 1.29. The van der Waals surface area contributed by atoms with E-state index in [4.69, 9.17) is 9.47 Å². The van der Waals surface area contributed by atoms with Crippen molar-refractivity contribution in [3.63, 3.8) is 0 Å². The van der Waals surface area contributed by atoms with Crippen LogP contribution in [0.15, 0.2) is 77.7 Å². The maximum Gasteiger partial charge on any atom is 0.222 e. The van der Waals surface area contributed by atoms with E-state index in [9.17, 15) is 17.6 Å². The van der Waals surface area contributed by atoms with Crippen LogP contribution in [0.25, 0.3) is 0 Å². The van der Waals surface area contributed by atoms with Gasteiger partial charge in [-0.1, -0.05) is 12.1 Å². The number of hydrogen-bond donors (Lipinski definition) is 0.